The Morgan fingerprint density at radius 1 is 1.40 bits per heavy atom. The third-order valence-corrected chi connectivity index (χ3v) is 2.83. The Bertz CT molecular complexity index is 447. The Morgan fingerprint density at radius 3 is 2.80 bits per heavy atom. The van der Waals surface area contributed by atoms with Crippen LogP contribution in [0.15, 0.2) is 6.07 Å². The van der Waals surface area contributed by atoms with Crippen LogP contribution in [0.4, 0.5) is 24.9 Å². The molecule has 1 saturated heterocycles. The SMILES string of the molecule is CCCNc1nc(NC2CCOC2)cc(C(F)(F)F)n1. The number of hydrogen-bond donors (Lipinski definition) is 2. The summed E-state index contributed by atoms with van der Waals surface area (Å²) >= 11 is 0. The van der Waals surface area contributed by atoms with Crippen molar-refractivity contribution < 1.29 is 17.9 Å². The minimum Gasteiger partial charge on any atom is -0.379 e. The average molecular weight is 290 g/mol. The second kappa shape index (κ2) is 6.25. The van der Waals surface area contributed by atoms with Gasteiger partial charge in [0.1, 0.15) is 5.82 Å². The second-order valence-electron chi connectivity index (χ2n) is 4.59. The van der Waals surface area contributed by atoms with Crippen LogP contribution in [0, 0.1) is 0 Å². The third kappa shape index (κ3) is 3.96. The van der Waals surface area contributed by atoms with Crippen LogP contribution in [-0.2, 0) is 10.9 Å². The summed E-state index contributed by atoms with van der Waals surface area (Å²) in [6.07, 6.45) is -2.96. The summed E-state index contributed by atoms with van der Waals surface area (Å²) in [4.78, 5) is 7.56. The zero-order chi connectivity index (χ0) is 14.6. The quantitative estimate of drug-likeness (QED) is 0.872. The Kier molecular flexibility index (Phi) is 4.64. The van der Waals surface area contributed by atoms with Crippen LogP contribution in [0.1, 0.15) is 25.5 Å². The fraction of sp³-hybridized carbons (Fsp3) is 0.667. The molecule has 2 N–H and O–H groups in total. The van der Waals surface area contributed by atoms with E-state index in [1.807, 2.05) is 6.92 Å². The summed E-state index contributed by atoms with van der Waals surface area (Å²) in [6.45, 7) is 3.52. The molecule has 2 heterocycles. The summed E-state index contributed by atoms with van der Waals surface area (Å²) in [5, 5.41) is 5.73. The molecule has 1 aliphatic heterocycles. The van der Waals surface area contributed by atoms with Crippen LogP contribution in [0.25, 0.3) is 0 Å². The predicted octanol–water partition coefficient (Wildman–Crippen LogP) is 2.52. The highest BCUT2D eigenvalue weighted by molar-refractivity contribution is 5.44. The largest absolute Gasteiger partial charge is 0.433 e. The molecule has 20 heavy (non-hydrogen) atoms. The van der Waals surface area contributed by atoms with E-state index in [9.17, 15) is 13.2 Å². The zero-order valence-electron chi connectivity index (χ0n) is 11.1. The monoisotopic (exact) mass is 290 g/mol. The van der Waals surface area contributed by atoms with Crippen LogP contribution in [0.2, 0.25) is 0 Å². The number of nitrogens with one attached hydrogen (secondary N) is 2. The first-order chi connectivity index (χ1) is 9.49. The molecule has 0 saturated carbocycles. The number of hydrogen-bond acceptors (Lipinski definition) is 5. The van der Waals surface area contributed by atoms with Crippen LogP contribution in [-0.4, -0.2) is 35.8 Å². The number of ether oxygens (including phenoxy) is 1. The number of anilines is 2. The molecule has 5 nitrogen and oxygen atoms in total. The number of aromatic nitrogens is 2. The summed E-state index contributed by atoms with van der Waals surface area (Å²) in [6, 6.07) is 0.917. The van der Waals surface area contributed by atoms with Crippen molar-refractivity contribution in [2.24, 2.45) is 0 Å². The Labute approximate surface area is 114 Å². The van der Waals surface area contributed by atoms with E-state index in [2.05, 4.69) is 20.6 Å². The maximum atomic E-state index is 12.8. The molecule has 0 radical (unpaired) electrons. The van der Waals surface area contributed by atoms with Crippen LogP contribution < -0.4 is 10.6 Å². The van der Waals surface area contributed by atoms with Gasteiger partial charge in [0, 0.05) is 19.2 Å². The molecule has 1 aromatic rings. The van der Waals surface area contributed by atoms with E-state index in [1.165, 1.54) is 0 Å². The van der Waals surface area contributed by atoms with Crippen molar-refractivity contribution in [3.05, 3.63) is 11.8 Å². The molecule has 0 bridgehead atoms. The highest BCUT2D eigenvalue weighted by Gasteiger charge is 2.34. The minimum atomic E-state index is -4.49. The number of rotatable bonds is 5. The standard InChI is InChI=1S/C12H17F3N4O/c1-2-4-16-11-18-9(12(13,14)15)6-10(19-11)17-8-3-5-20-7-8/h6,8H,2-5,7H2,1H3,(H2,16,17,18,19). The summed E-state index contributed by atoms with van der Waals surface area (Å²) in [7, 11) is 0. The Balaban J connectivity index is 2.19. The van der Waals surface area contributed by atoms with Crippen molar-refractivity contribution in [1.82, 2.24) is 9.97 Å². The lowest BCUT2D eigenvalue weighted by Crippen LogP contribution is -2.21. The van der Waals surface area contributed by atoms with Crippen molar-refractivity contribution in [3.8, 4) is 0 Å². The molecule has 0 spiro atoms. The lowest BCUT2D eigenvalue weighted by atomic mass is 10.2. The van der Waals surface area contributed by atoms with E-state index in [1.54, 1.807) is 0 Å². The van der Waals surface area contributed by atoms with Crippen molar-refractivity contribution >= 4 is 11.8 Å². The van der Waals surface area contributed by atoms with E-state index < -0.39 is 11.9 Å². The van der Waals surface area contributed by atoms with Gasteiger partial charge in [-0.2, -0.15) is 18.2 Å². The molecule has 8 heteroatoms. The highest BCUT2D eigenvalue weighted by Crippen LogP contribution is 2.30. The second-order valence-corrected chi connectivity index (χ2v) is 4.59. The fourth-order valence-corrected chi connectivity index (χ4v) is 1.84. The van der Waals surface area contributed by atoms with Crippen molar-refractivity contribution in [1.29, 1.82) is 0 Å². The van der Waals surface area contributed by atoms with Gasteiger partial charge in [-0.15, -0.1) is 0 Å². The van der Waals surface area contributed by atoms with E-state index in [4.69, 9.17) is 4.74 Å². The molecule has 1 fully saturated rings. The van der Waals surface area contributed by atoms with Gasteiger partial charge in [-0.05, 0) is 12.8 Å². The van der Waals surface area contributed by atoms with Gasteiger partial charge in [0.25, 0.3) is 0 Å². The lowest BCUT2D eigenvalue weighted by Gasteiger charge is -2.15. The first-order valence-electron chi connectivity index (χ1n) is 6.53. The van der Waals surface area contributed by atoms with E-state index in [0.29, 0.717) is 19.8 Å². The normalized spacial score (nSPS) is 19.1. The molecule has 1 atom stereocenters. The number of nitrogens with zero attached hydrogens (tertiary/aromatic N) is 2. The first kappa shape index (κ1) is 14.8. The summed E-state index contributed by atoms with van der Waals surface area (Å²) < 4.78 is 43.6. The molecule has 0 aliphatic carbocycles. The Morgan fingerprint density at radius 2 is 2.20 bits per heavy atom. The summed E-state index contributed by atoms with van der Waals surface area (Å²) in [5.41, 5.74) is -0.951. The van der Waals surface area contributed by atoms with Gasteiger partial charge < -0.3 is 15.4 Å². The molecular formula is C12H17F3N4O. The van der Waals surface area contributed by atoms with Gasteiger partial charge in [-0.3, -0.25) is 0 Å². The smallest absolute Gasteiger partial charge is 0.379 e. The van der Waals surface area contributed by atoms with E-state index in [0.717, 1.165) is 18.9 Å². The van der Waals surface area contributed by atoms with Crippen molar-refractivity contribution in [2.75, 3.05) is 30.4 Å². The van der Waals surface area contributed by atoms with Crippen molar-refractivity contribution in [2.45, 2.75) is 32.0 Å². The van der Waals surface area contributed by atoms with E-state index >= 15 is 0 Å². The van der Waals surface area contributed by atoms with Gasteiger partial charge in [0.05, 0.1) is 12.6 Å². The lowest BCUT2D eigenvalue weighted by molar-refractivity contribution is -0.141. The third-order valence-electron chi connectivity index (χ3n) is 2.83. The van der Waals surface area contributed by atoms with E-state index in [-0.39, 0.29) is 17.8 Å². The van der Waals surface area contributed by atoms with Gasteiger partial charge in [-0.25, -0.2) is 4.98 Å². The zero-order valence-corrected chi connectivity index (χ0v) is 11.1. The molecule has 1 aromatic heterocycles. The number of halogens is 3. The molecule has 0 aromatic carbocycles. The van der Waals surface area contributed by atoms with Gasteiger partial charge in [-0.1, -0.05) is 6.92 Å². The fourth-order valence-electron chi connectivity index (χ4n) is 1.84. The maximum Gasteiger partial charge on any atom is 0.433 e. The minimum absolute atomic E-state index is 0.00925. The number of alkyl halides is 3. The first-order valence-corrected chi connectivity index (χ1v) is 6.53. The Hall–Kier alpha value is -1.57. The molecule has 1 unspecified atom stereocenters. The topological polar surface area (TPSA) is 59.1 Å². The molecule has 0 amide bonds. The molecule has 1 aliphatic rings. The van der Waals surface area contributed by atoms with Gasteiger partial charge in [0.2, 0.25) is 5.95 Å². The molecule has 2 rings (SSSR count). The highest BCUT2D eigenvalue weighted by atomic mass is 19.4. The summed E-state index contributed by atoms with van der Waals surface area (Å²) in [5.74, 6) is 0.157. The van der Waals surface area contributed by atoms with Crippen LogP contribution in [0.5, 0.6) is 0 Å². The van der Waals surface area contributed by atoms with Gasteiger partial charge >= 0.3 is 6.18 Å². The predicted molar refractivity (Wildman–Crippen MR) is 68.7 cm³/mol. The average Bonchev–Trinajstić information content (AvgIpc) is 2.88. The maximum absolute atomic E-state index is 12.8. The van der Waals surface area contributed by atoms with Crippen LogP contribution in [0.3, 0.4) is 0 Å². The van der Waals surface area contributed by atoms with Gasteiger partial charge in [0.15, 0.2) is 5.69 Å². The van der Waals surface area contributed by atoms with Crippen molar-refractivity contribution in [3.63, 3.8) is 0 Å². The molecular weight excluding hydrogens is 273 g/mol. The van der Waals surface area contributed by atoms with Crippen LogP contribution >= 0.6 is 0 Å². The molecule has 112 valence electrons.